The van der Waals surface area contributed by atoms with Crippen LogP contribution in [0.4, 0.5) is 13.2 Å². The van der Waals surface area contributed by atoms with Crippen LogP contribution in [0.15, 0.2) is 46.5 Å². The minimum absolute atomic E-state index is 0.0272. The average Bonchev–Trinajstić information content (AvgIpc) is 2.41. The summed E-state index contributed by atoms with van der Waals surface area (Å²) in [5.41, 5.74) is -0.860. The van der Waals surface area contributed by atoms with Gasteiger partial charge < -0.3 is 4.74 Å². The number of hydrogen-bond donors (Lipinski definition) is 0. The normalized spacial score (nSPS) is 11.4. The van der Waals surface area contributed by atoms with Crippen LogP contribution in [0.2, 0.25) is 5.02 Å². The van der Waals surface area contributed by atoms with E-state index in [1.807, 2.05) is 0 Å². The van der Waals surface area contributed by atoms with Gasteiger partial charge in [0.25, 0.3) is 0 Å². The molecule has 106 valence electrons. The molecule has 0 saturated heterocycles. The van der Waals surface area contributed by atoms with Crippen molar-refractivity contribution in [3.8, 4) is 5.75 Å². The minimum Gasteiger partial charge on any atom is -0.497 e. The number of methoxy groups -OCH3 is 1. The molecule has 0 aliphatic heterocycles. The number of hydrogen-bond acceptors (Lipinski definition) is 3. The number of benzene rings is 1. The van der Waals surface area contributed by atoms with Crippen molar-refractivity contribution in [2.75, 3.05) is 7.11 Å². The van der Waals surface area contributed by atoms with Crippen LogP contribution in [0.1, 0.15) is 5.56 Å². The van der Waals surface area contributed by atoms with E-state index in [1.165, 1.54) is 11.8 Å². The molecule has 1 heterocycles. The van der Waals surface area contributed by atoms with E-state index in [4.69, 9.17) is 16.3 Å². The second-order valence-corrected chi connectivity index (χ2v) is 5.26. The highest BCUT2D eigenvalue weighted by atomic mass is 35.5. The number of aromatic nitrogens is 1. The third kappa shape index (κ3) is 3.58. The van der Waals surface area contributed by atoms with E-state index in [1.54, 1.807) is 31.4 Å². The van der Waals surface area contributed by atoms with Crippen molar-refractivity contribution in [1.29, 1.82) is 0 Å². The molecule has 0 amide bonds. The van der Waals surface area contributed by atoms with Gasteiger partial charge in [0.1, 0.15) is 10.8 Å². The Balaban J connectivity index is 2.21. The largest absolute Gasteiger partial charge is 0.497 e. The SMILES string of the molecule is COc1ccc(Sc2ncc(C(F)(F)F)cc2Cl)cc1. The Hall–Kier alpha value is -1.40. The fraction of sp³-hybridized carbons (Fsp3) is 0.154. The summed E-state index contributed by atoms with van der Waals surface area (Å²) in [5, 5.41) is 0.297. The summed E-state index contributed by atoms with van der Waals surface area (Å²) in [7, 11) is 1.55. The summed E-state index contributed by atoms with van der Waals surface area (Å²) < 4.78 is 42.5. The van der Waals surface area contributed by atoms with Gasteiger partial charge in [-0.1, -0.05) is 23.4 Å². The third-order valence-electron chi connectivity index (χ3n) is 2.41. The summed E-state index contributed by atoms with van der Waals surface area (Å²) >= 11 is 7.02. The van der Waals surface area contributed by atoms with Gasteiger partial charge in [-0.3, -0.25) is 0 Å². The first-order valence-electron chi connectivity index (χ1n) is 5.45. The van der Waals surface area contributed by atoms with Crippen LogP contribution in [0, 0.1) is 0 Å². The number of alkyl halides is 3. The van der Waals surface area contributed by atoms with Gasteiger partial charge in [-0.2, -0.15) is 13.2 Å². The highest BCUT2D eigenvalue weighted by Gasteiger charge is 2.31. The van der Waals surface area contributed by atoms with Gasteiger partial charge >= 0.3 is 6.18 Å². The highest BCUT2D eigenvalue weighted by Crippen LogP contribution is 2.36. The lowest BCUT2D eigenvalue weighted by molar-refractivity contribution is -0.137. The molecule has 0 fully saturated rings. The molecule has 0 N–H and O–H groups in total. The number of ether oxygens (including phenoxy) is 1. The number of halogens is 4. The molecule has 0 unspecified atom stereocenters. The van der Waals surface area contributed by atoms with Crippen LogP contribution < -0.4 is 4.74 Å². The molecular formula is C13H9ClF3NOS. The summed E-state index contributed by atoms with van der Waals surface area (Å²) in [6.45, 7) is 0. The maximum Gasteiger partial charge on any atom is 0.417 e. The summed E-state index contributed by atoms with van der Waals surface area (Å²) in [6.07, 6.45) is -3.67. The average molecular weight is 320 g/mol. The molecule has 0 aliphatic carbocycles. The number of pyridine rings is 1. The monoisotopic (exact) mass is 319 g/mol. The molecule has 1 aromatic heterocycles. The van der Waals surface area contributed by atoms with Crippen molar-refractivity contribution < 1.29 is 17.9 Å². The van der Waals surface area contributed by atoms with Crippen molar-refractivity contribution in [3.63, 3.8) is 0 Å². The Labute approximate surface area is 122 Å². The Morgan fingerprint density at radius 1 is 1.20 bits per heavy atom. The van der Waals surface area contributed by atoms with E-state index in [-0.39, 0.29) is 5.02 Å². The van der Waals surface area contributed by atoms with Crippen molar-refractivity contribution in [2.45, 2.75) is 16.1 Å². The third-order valence-corrected chi connectivity index (χ3v) is 3.84. The predicted octanol–water partition coefficient (Wildman–Crippen LogP) is 4.91. The molecule has 1 aromatic carbocycles. The molecule has 0 aliphatic rings. The van der Waals surface area contributed by atoms with Crippen LogP contribution in [-0.4, -0.2) is 12.1 Å². The Bertz CT molecular complexity index is 602. The second-order valence-electron chi connectivity index (χ2n) is 3.79. The fourth-order valence-corrected chi connectivity index (χ4v) is 2.45. The highest BCUT2D eigenvalue weighted by molar-refractivity contribution is 7.99. The zero-order chi connectivity index (χ0) is 14.8. The molecule has 0 spiro atoms. The molecule has 0 atom stereocenters. The van der Waals surface area contributed by atoms with Crippen LogP contribution in [0.5, 0.6) is 5.75 Å². The van der Waals surface area contributed by atoms with Gasteiger partial charge in [-0.15, -0.1) is 0 Å². The molecule has 0 saturated carbocycles. The Morgan fingerprint density at radius 2 is 1.85 bits per heavy atom. The van der Waals surface area contributed by atoms with Crippen LogP contribution in [0.3, 0.4) is 0 Å². The van der Waals surface area contributed by atoms with E-state index in [9.17, 15) is 13.2 Å². The molecule has 2 aromatic rings. The van der Waals surface area contributed by atoms with E-state index < -0.39 is 11.7 Å². The van der Waals surface area contributed by atoms with Crippen molar-refractivity contribution in [1.82, 2.24) is 4.98 Å². The van der Waals surface area contributed by atoms with Gasteiger partial charge in [-0.05, 0) is 30.3 Å². The van der Waals surface area contributed by atoms with Gasteiger partial charge in [0, 0.05) is 11.1 Å². The fourth-order valence-electron chi connectivity index (χ4n) is 1.41. The minimum atomic E-state index is -4.44. The molecule has 2 nitrogen and oxygen atoms in total. The van der Waals surface area contributed by atoms with Gasteiger partial charge in [0.05, 0.1) is 17.7 Å². The number of rotatable bonds is 3. The van der Waals surface area contributed by atoms with E-state index in [2.05, 4.69) is 4.98 Å². The molecule has 0 radical (unpaired) electrons. The van der Waals surface area contributed by atoms with Gasteiger partial charge in [0.15, 0.2) is 0 Å². The predicted molar refractivity (Wildman–Crippen MR) is 71.4 cm³/mol. The smallest absolute Gasteiger partial charge is 0.417 e. The lowest BCUT2D eigenvalue weighted by Gasteiger charge is -2.09. The van der Waals surface area contributed by atoms with E-state index >= 15 is 0 Å². The lowest BCUT2D eigenvalue weighted by Crippen LogP contribution is -2.05. The first-order chi connectivity index (χ1) is 9.40. The molecule has 7 heteroatoms. The van der Waals surface area contributed by atoms with Crippen molar-refractivity contribution in [2.24, 2.45) is 0 Å². The standard InChI is InChI=1S/C13H9ClF3NOS/c1-19-9-2-4-10(5-3-9)20-12-11(14)6-8(7-18-12)13(15,16)17/h2-7H,1H3. The molecular weight excluding hydrogens is 311 g/mol. The van der Waals surface area contributed by atoms with Crippen LogP contribution >= 0.6 is 23.4 Å². The zero-order valence-corrected chi connectivity index (χ0v) is 11.8. The molecule has 2 rings (SSSR count). The Morgan fingerprint density at radius 3 is 2.35 bits per heavy atom. The van der Waals surface area contributed by atoms with Crippen LogP contribution in [0.25, 0.3) is 0 Å². The van der Waals surface area contributed by atoms with Crippen molar-refractivity contribution in [3.05, 3.63) is 47.1 Å². The van der Waals surface area contributed by atoms with Crippen molar-refractivity contribution >= 4 is 23.4 Å². The summed E-state index contributed by atoms with van der Waals surface area (Å²) in [5.74, 6) is 0.695. The van der Waals surface area contributed by atoms with Gasteiger partial charge in [0.2, 0.25) is 0 Å². The van der Waals surface area contributed by atoms with E-state index in [0.717, 1.165) is 17.2 Å². The maximum atomic E-state index is 12.5. The summed E-state index contributed by atoms with van der Waals surface area (Å²) in [6, 6.07) is 7.93. The molecule has 0 bridgehead atoms. The maximum absolute atomic E-state index is 12.5. The lowest BCUT2D eigenvalue weighted by atomic mass is 10.3. The quantitative estimate of drug-likeness (QED) is 0.802. The zero-order valence-electron chi connectivity index (χ0n) is 10.2. The second kappa shape index (κ2) is 5.93. The summed E-state index contributed by atoms with van der Waals surface area (Å²) in [4.78, 5) is 4.57. The Kier molecular flexibility index (Phi) is 4.45. The first-order valence-corrected chi connectivity index (χ1v) is 6.64. The van der Waals surface area contributed by atoms with E-state index in [0.29, 0.717) is 10.8 Å². The topological polar surface area (TPSA) is 22.1 Å². The first kappa shape index (κ1) is 15.0. The molecule has 20 heavy (non-hydrogen) atoms. The van der Waals surface area contributed by atoms with Crippen LogP contribution in [-0.2, 0) is 6.18 Å². The number of nitrogens with zero attached hydrogens (tertiary/aromatic N) is 1. The van der Waals surface area contributed by atoms with Gasteiger partial charge in [-0.25, -0.2) is 4.98 Å².